The maximum atomic E-state index is 5.46. The topological polar surface area (TPSA) is 47.0 Å². The normalized spacial score (nSPS) is 10.9. The fourth-order valence-corrected chi connectivity index (χ4v) is 4.20. The minimum atomic E-state index is 0.731. The maximum Gasteiger partial charge on any atom is 0.138 e. The minimum absolute atomic E-state index is 0.731. The van der Waals surface area contributed by atoms with Gasteiger partial charge in [0.25, 0.3) is 0 Å². The first-order valence-corrected chi connectivity index (χ1v) is 10.2. The highest BCUT2D eigenvalue weighted by Crippen LogP contribution is 2.29. The van der Waals surface area contributed by atoms with E-state index in [1.807, 2.05) is 24.3 Å². The maximum absolute atomic E-state index is 5.46. The van der Waals surface area contributed by atoms with Gasteiger partial charge >= 0.3 is 0 Å². The Labute approximate surface area is 169 Å². The van der Waals surface area contributed by atoms with E-state index < -0.39 is 0 Å². The number of hydrogen-bond donors (Lipinski definition) is 1. The summed E-state index contributed by atoms with van der Waals surface area (Å²) in [5, 5.41) is 4.62. The summed E-state index contributed by atoms with van der Waals surface area (Å²) in [6, 6.07) is 20.7. The van der Waals surface area contributed by atoms with Crippen LogP contribution in [0.2, 0.25) is 0 Å². The number of aromatic nitrogens is 2. The number of hydrogen-bond acceptors (Lipinski definition) is 5. The van der Waals surface area contributed by atoms with Crippen molar-refractivity contribution in [2.75, 3.05) is 19.0 Å². The van der Waals surface area contributed by atoms with Crippen LogP contribution in [0.15, 0.2) is 60.7 Å². The second-order valence-corrected chi connectivity index (χ2v) is 7.95. The number of nitrogens with one attached hydrogen (secondary N) is 1. The second-order valence-electron chi connectivity index (χ2n) is 6.72. The van der Waals surface area contributed by atoms with E-state index in [4.69, 9.17) is 14.7 Å². The Balaban J connectivity index is 1.56. The molecular formula is C23H23N3OS. The van der Waals surface area contributed by atoms with Gasteiger partial charge in [0.1, 0.15) is 22.2 Å². The van der Waals surface area contributed by atoms with E-state index in [1.165, 1.54) is 16.0 Å². The van der Waals surface area contributed by atoms with Gasteiger partial charge in [0, 0.05) is 17.8 Å². The number of nitrogens with zero attached hydrogens (tertiary/aromatic N) is 2. The van der Waals surface area contributed by atoms with Crippen LogP contribution in [0.5, 0.6) is 5.75 Å². The predicted molar refractivity (Wildman–Crippen MR) is 117 cm³/mol. The van der Waals surface area contributed by atoms with Crippen molar-refractivity contribution in [1.82, 2.24) is 9.97 Å². The molecule has 28 heavy (non-hydrogen) atoms. The fourth-order valence-electron chi connectivity index (χ4n) is 3.30. The number of benzene rings is 2. The Morgan fingerprint density at radius 2 is 1.79 bits per heavy atom. The molecule has 2 heterocycles. The molecule has 0 unspecified atom stereocenters. The van der Waals surface area contributed by atoms with Crippen molar-refractivity contribution >= 4 is 27.4 Å². The first kappa shape index (κ1) is 18.4. The number of fused-ring (bicyclic) bond motifs is 1. The van der Waals surface area contributed by atoms with Gasteiger partial charge in [-0.3, -0.25) is 0 Å². The molecule has 1 N–H and O–H groups in total. The van der Waals surface area contributed by atoms with Gasteiger partial charge in [-0.15, -0.1) is 11.3 Å². The van der Waals surface area contributed by atoms with Gasteiger partial charge in [0.15, 0.2) is 0 Å². The summed E-state index contributed by atoms with van der Waals surface area (Å²) in [4.78, 5) is 11.9. The van der Waals surface area contributed by atoms with E-state index in [1.54, 1.807) is 18.4 Å². The van der Waals surface area contributed by atoms with Crippen LogP contribution in [-0.4, -0.2) is 23.6 Å². The third-order valence-electron chi connectivity index (χ3n) is 4.65. The molecule has 142 valence electrons. The van der Waals surface area contributed by atoms with Crippen molar-refractivity contribution in [3.63, 3.8) is 0 Å². The second kappa shape index (κ2) is 8.40. The summed E-state index contributed by atoms with van der Waals surface area (Å²) in [5.41, 5.74) is 2.41. The Morgan fingerprint density at radius 1 is 1.00 bits per heavy atom. The van der Waals surface area contributed by atoms with E-state index in [2.05, 4.69) is 48.6 Å². The number of anilines is 1. The molecule has 0 saturated carbocycles. The van der Waals surface area contributed by atoms with Crippen LogP contribution in [0.25, 0.3) is 10.2 Å². The van der Waals surface area contributed by atoms with Gasteiger partial charge in [-0.2, -0.15) is 0 Å². The molecule has 0 radical (unpaired) electrons. The molecule has 2 aromatic carbocycles. The monoisotopic (exact) mass is 389 g/mol. The number of rotatable bonds is 7. The SMILES string of the molecule is COc1ccccc1CCNc1nc(Cc2ccccc2)nc2sc(C)cc12. The Kier molecular flexibility index (Phi) is 5.53. The summed E-state index contributed by atoms with van der Waals surface area (Å²) in [7, 11) is 1.71. The smallest absolute Gasteiger partial charge is 0.138 e. The van der Waals surface area contributed by atoms with Crippen LogP contribution >= 0.6 is 11.3 Å². The third-order valence-corrected chi connectivity index (χ3v) is 5.59. The highest BCUT2D eigenvalue weighted by molar-refractivity contribution is 7.18. The molecule has 4 rings (SSSR count). The number of thiophene rings is 1. The molecule has 0 fully saturated rings. The van der Waals surface area contributed by atoms with Crippen molar-refractivity contribution in [3.8, 4) is 5.75 Å². The van der Waals surface area contributed by atoms with E-state index in [9.17, 15) is 0 Å². The average Bonchev–Trinajstić information content (AvgIpc) is 3.09. The van der Waals surface area contributed by atoms with E-state index in [0.717, 1.165) is 47.0 Å². The van der Waals surface area contributed by atoms with Crippen LogP contribution in [0, 0.1) is 6.92 Å². The lowest BCUT2D eigenvalue weighted by Gasteiger charge is -2.11. The average molecular weight is 390 g/mol. The van der Waals surface area contributed by atoms with Crippen molar-refractivity contribution < 1.29 is 4.74 Å². The lowest BCUT2D eigenvalue weighted by atomic mass is 10.1. The number of aryl methyl sites for hydroxylation is 1. The zero-order valence-electron chi connectivity index (χ0n) is 16.1. The molecule has 4 nitrogen and oxygen atoms in total. The number of ether oxygens (including phenoxy) is 1. The van der Waals surface area contributed by atoms with Crippen molar-refractivity contribution in [1.29, 1.82) is 0 Å². The summed E-state index contributed by atoms with van der Waals surface area (Å²) >= 11 is 1.72. The quantitative estimate of drug-likeness (QED) is 0.469. The van der Waals surface area contributed by atoms with Crippen LogP contribution in [0.3, 0.4) is 0 Å². The van der Waals surface area contributed by atoms with Crippen LogP contribution in [0.4, 0.5) is 5.82 Å². The van der Waals surface area contributed by atoms with Crippen molar-refractivity contribution in [2.45, 2.75) is 19.8 Å². The van der Waals surface area contributed by atoms with Gasteiger partial charge in [-0.05, 0) is 36.6 Å². The molecule has 0 atom stereocenters. The molecule has 0 amide bonds. The minimum Gasteiger partial charge on any atom is -0.496 e. The van der Waals surface area contributed by atoms with Crippen molar-refractivity contribution in [2.24, 2.45) is 0 Å². The van der Waals surface area contributed by atoms with Gasteiger partial charge in [0.2, 0.25) is 0 Å². The first-order chi connectivity index (χ1) is 13.7. The summed E-state index contributed by atoms with van der Waals surface area (Å²) < 4.78 is 5.46. The lowest BCUT2D eigenvalue weighted by molar-refractivity contribution is 0.410. The first-order valence-electron chi connectivity index (χ1n) is 9.39. The van der Waals surface area contributed by atoms with Gasteiger partial charge in [-0.1, -0.05) is 48.5 Å². The summed E-state index contributed by atoms with van der Waals surface area (Å²) in [6.07, 6.45) is 1.60. The molecule has 0 spiro atoms. The van der Waals surface area contributed by atoms with Gasteiger partial charge < -0.3 is 10.1 Å². The van der Waals surface area contributed by atoms with E-state index in [-0.39, 0.29) is 0 Å². The molecule has 0 aliphatic rings. The summed E-state index contributed by atoms with van der Waals surface area (Å²) in [6.45, 7) is 2.90. The molecule has 5 heteroatoms. The molecule has 0 saturated heterocycles. The lowest BCUT2D eigenvalue weighted by Crippen LogP contribution is -2.09. The molecule has 0 aliphatic carbocycles. The van der Waals surface area contributed by atoms with Gasteiger partial charge in [-0.25, -0.2) is 9.97 Å². The van der Waals surface area contributed by atoms with Crippen LogP contribution < -0.4 is 10.1 Å². The molecular weight excluding hydrogens is 366 g/mol. The van der Waals surface area contributed by atoms with E-state index in [0.29, 0.717) is 0 Å². The highest BCUT2D eigenvalue weighted by atomic mass is 32.1. The predicted octanol–water partition coefficient (Wildman–Crippen LogP) is 5.25. The standard InChI is InChI=1S/C23H23N3OS/c1-16-14-19-22(24-13-12-18-10-6-7-11-20(18)27-2)25-21(26-23(19)28-16)15-17-8-4-3-5-9-17/h3-11,14H,12-13,15H2,1-2H3,(H,24,25,26). The fraction of sp³-hybridized carbons (Fsp3) is 0.217. The highest BCUT2D eigenvalue weighted by Gasteiger charge is 2.11. The van der Waals surface area contributed by atoms with Crippen molar-refractivity contribution in [3.05, 3.63) is 82.5 Å². The Bertz CT molecular complexity index is 1080. The number of para-hydroxylation sites is 1. The van der Waals surface area contributed by atoms with Crippen LogP contribution in [0.1, 0.15) is 21.8 Å². The number of methoxy groups -OCH3 is 1. The zero-order chi connectivity index (χ0) is 19.3. The largest absolute Gasteiger partial charge is 0.496 e. The Hall–Kier alpha value is -2.92. The van der Waals surface area contributed by atoms with Crippen LogP contribution in [-0.2, 0) is 12.8 Å². The zero-order valence-corrected chi connectivity index (χ0v) is 16.9. The molecule has 0 aliphatic heterocycles. The molecule has 2 aromatic heterocycles. The molecule has 0 bridgehead atoms. The Morgan fingerprint density at radius 3 is 2.61 bits per heavy atom. The van der Waals surface area contributed by atoms with Gasteiger partial charge in [0.05, 0.1) is 12.5 Å². The molecule has 4 aromatic rings. The van der Waals surface area contributed by atoms with E-state index >= 15 is 0 Å². The third kappa shape index (κ3) is 4.15. The summed E-state index contributed by atoms with van der Waals surface area (Å²) in [5.74, 6) is 2.68.